The molecule has 0 spiro atoms. The summed E-state index contributed by atoms with van der Waals surface area (Å²) >= 11 is 0. The van der Waals surface area contributed by atoms with Crippen LogP contribution in [0.5, 0.6) is 0 Å². The average molecular weight is 231 g/mol. The Balaban J connectivity index is 2.26. The van der Waals surface area contributed by atoms with Gasteiger partial charge >= 0.3 is 0 Å². The fourth-order valence-electron chi connectivity index (χ4n) is 2.11. The standard InChI is InChI=1S/C12H25NO3/c1-12(15,7-8-16-2)9-13-10-5-3-4-6-11(10)14/h10-11,13-15H,3-9H2,1-2H3/t10-,11-,12?/m1/s1. The lowest BCUT2D eigenvalue weighted by molar-refractivity contribution is 0.0126. The summed E-state index contributed by atoms with van der Waals surface area (Å²) < 4.78 is 4.95. The third-order valence-electron chi connectivity index (χ3n) is 3.32. The maximum Gasteiger partial charge on any atom is 0.0765 e. The maximum atomic E-state index is 10.0. The molecule has 0 aromatic rings. The Kier molecular flexibility index (Phi) is 5.69. The molecular formula is C12H25NO3. The monoisotopic (exact) mass is 231 g/mol. The highest BCUT2D eigenvalue weighted by atomic mass is 16.5. The summed E-state index contributed by atoms with van der Waals surface area (Å²) in [6.07, 6.45) is 4.50. The highest BCUT2D eigenvalue weighted by Gasteiger charge is 2.26. The predicted octanol–water partition coefficient (Wildman–Crippen LogP) is 0.667. The van der Waals surface area contributed by atoms with Crippen molar-refractivity contribution in [1.82, 2.24) is 5.32 Å². The Morgan fingerprint density at radius 2 is 2.06 bits per heavy atom. The fraction of sp³-hybridized carbons (Fsp3) is 1.00. The van der Waals surface area contributed by atoms with Crippen molar-refractivity contribution in [2.75, 3.05) is 20.3 Å². The van der Waals surface area contributed by atoms with Crippen molar-refractivity contribution < 1.29 is 14.9 Å². The first-order chi connectivity index (χ1) is 7.55. The molecule has 0 heterocycles. The van der Waals surface area contributed by atoms with Crippen molar-refractivity contribution in [3.63, 3.8) is 0 Å². The predicted molar refractivity (Wildman–Crippen MR) is 63.4 cm³/mol. The molecule has 1 rings (SSSR count). The molecule has 0 radical (unpaired) electrons. The van der Waals surface area contributed by atoms with E-state index in [2.05, 4.69) is 5.32 Å². The van der Waals surface area contributed by atoms with Crippen LogP contribution in [0.4, 0.5) is 0 Å². The summed E-state index contributed by atoms with van der Waals surface area (Å²) in [4.78, 5) is 0. The molecule has 3 atom stereocenters. The van der Waals surface area contributed by atoms with Gasteiger partial charge in [-0.15, -0.1) is 0 Å². The topological polar surface area (TPSA) is 61.7 Å². The number of nitrogens with one attached hydrogen (secondary N) is 1. The molecule has 96 valence electrons. The first kappa shape index (κ1) is 13.9. The molecule has 1 saturated carbocycles. The normalized spacial score (nSPS) is 30.0. The number of aliphatic hydroxyl groups is 2. The Morgan fingerprint density at radius 3 is 2.69 bits per heavy atom. The summed E-state index contributed by atoms with van der Waals surface area (Å²) in [5, 5.41) is 23.1. The van der Waals surface area contributed by atoms with Crippen LogP contribution < -0.4 is 5.32 Å². The van der Waals surface area contributed by atoms with Crippen molar-refractivity contribution in [3.8, 4) is 0 Å². The Bertz CT molecular complexity index is 197. The van der Waals surface area contributed by atoms with Crippen molar-refractivity contribution in [2.24, 2.45) is 0 Å². The second-order valence-corrected chi connectivity index (χ2v) is 5.08. The van der Waals surface area contributed by atoms with Crippen LogP contribution in [0.25, 0.3) is 0 Å². The van der Waals surface area contributed by atoms with E-state index in [-0.39, 0.29) is 12.1 Å². The molecule has 0 aromatic heterocycles. The van der Waals surface area contributed by atoms with Crippen LogP contribution in [-0.4, -0.2) is 48.2 Å². The molecule has 0 aliphatic heterocycles. The summed E-state index contributed by atoms with van der Waals surface area (Å²) in [5.74, 6) is 0. The Morgan fingerprint density at radius 1 is 1.38 bits per heavy atom. The van der Waals surface area contributed by atoms with Gasteiger partial charge in [0.05, 0.1) is 11.7 Å². The van der Waals surface area contributed by atoms with E-state index in [1.165, 1.54) is 0 Å². The van der Waals surface area contributed by atoms with Gasteiger partial charge in [0.2, 0.25) is 0 Å². The van der Waals surface area contributed by atoms with E-state index < -0.39 is 5.60 Å². The molecule has 0 saturated heterocycles. The summed E-state index contributed by atoms with van der Waals surface area (Å²) in [6, 6.07) is 0.141. The molecule has 3 N–H and O–H groups in total. The number of hydrogen-bond acceptors (Lipinski definition) is 4. The second kappa shape index (κ2) is 6.55. The first-order valence-electron chi connectivity index (χ1n) is 6.18. The largest absolute Gasteiger partial charge is 0.392 e. The van der Waals surface area contributed by atoms with Crippen LogP contribution in [0, 0.1) is 0 Å². The molecule has 1 aliphatic rings. The van der Waals surface area contributed by atoms with Gasteiger partial charge in [-0.2, -0.15) is 0 Å². The minimum absolute atomic E-state index is 0.141. The van der Waals surface area contributed by atoms with Crippen LogP contribution in [0.2, 0.25) is 0 Å². The lowest BCUT2D eigenvalue weighted by Gasteiger charge is -2.32. The van der Waals surface area contributed by atoms with E-state index in [4.69, 9.17) is 4.74 Å². The molecule has 1 unspecified atom stereocenters. The molecule has 0 bridgehead atoms. The van der Waals surface area contributed by atoms with E-state index in [0.717, 1.165) is 25.7 Å². The molecule has 16 heavy (non-hydrogen) atoms. The number of hydrogen-bond donors (Lipinski definition) is 3. The molecular weight excluding hydrogens is 206 g/mol. The minimum Gasteiger partial charge on any atom is -0.392 e. The first-order valence-corrected chi connectivity index (χ1v) is 6.18. The Hall–Kier alpha value is -0.160. The molecule has 4 nitrogen and oxygen atoms in total. The zero-order valence-electron chi connectivity index (χ0n) is 10.4. The summed E-state index contributed by atoms with van der Waals surface area (Å²) in [6.45, 7) is 2.87. The highest BCUT2D eigenvalue weighted by Crippen LogP contribution is 2.19. The third-order valence-corrected chi connectivity index (χ3v) is 3.32. The summed E-state index contributed by atoms with van der Waals surface area (Å²) in [7, 11) is 1.63. The van der Waals surface area contributed by atoms with Crippen molar-refractivity contribution in [3.05, 3.63) is 0 Å². The van der Waals surface area contributed by atoms with Crippen LogP contribution in [-0.2, 0) is 4.74 Å². The fourth-order valence-corrected chi connectivity index (χ4v) is 2.11. The van der Waals surface area contributed by atoms with E-state index in [1.54, 1.807) is 14.0 Å². The lowest BCUT2D eigenvalue weighted by Crippen LogP contribution is -2.48. The van der Waals surface area contributed by atoms with Crippen molar-refractivity contribution in [2.45, 2.75) is 56.8 Å². The smallest absolute Gasteiger partial charge is 0.0765 e. The molecule has 1 fully saturated rings. The molecule has 4 heteroatoms. The van der Waals surface area contributed by atoms with Gasteiger partial charge in [0.1, 0.15) is 0 Å². The quantitative estimate of drug-likeness (QED) is 0.628. The van der Waals surface area contributed by atoms with Gasteiger partial charge in [0, 0.05) is 32.7 Å². The second-order valence-electron chi connectivity index (χ2n) is 5.08. The van der Waals surface area contributed by atoms with Crippen LogP contribution in [0.1, 0.15) is 39.0 Å². The van der Waals surface area contributed by atoms with E-state index in [0.29, 0.717) is 19.6 Å². The van der Waals surface area contributed by atoms with Gasteiger partial charge in [0.15, 0.2) is 0 Å². The summed E-state index contributed by atoms with van der Waals surface area (Å²) in [5.41, 5.74) is -0.757. The van der Waals surface area contributed by atoms with Crippen molar-refractivity contribution in [1.29, 1.82) is 0 Å². The average Bonchev–Trinajstić information content (AvgIpc) is 2.26. The minimum atomic E-state index is -0.757. The Labute approximate surface area is 98.0 Å². The van der Waals surface area contributed by atoms with Gasteiger partial charge in [-0.3, -0.25) is 0 Å². The van der Waals surface area contributed by atoms with Gasteiger partial charge in [-0.1, -0.05) is 12.8 Å². The number of methoxy groups -OCH3 is 1. The highest BCUT2D eigenvalue weighted by molar-refractivity contribution is 4.84. The van der Waals surface area contributed by atoms with Crippen LogP contribution >= 0.6 is 0 Å². The van der Waals surface area contributed by atoms with E-state index >= 15 is 0 Å². The number of ether oxygens (including phenoxy) is 1. The van der Waals surface area contributed by atoms with Crippen LogP contribution in [0.15, 0.2) is 0 Å². The number of rotatable bonds is 6. The van der Waals surface area contributed by atoms with E-state index in [9.17, 15) is 10.2 Å². The zero-order valence-corrected chi connectivity index (χ0v) is 10.4. The third kappa shape index (κ3) is 4.78. The van der Waals surface area contributed by atoms with E-state index in [1.807, 2.05) is 0 Å². The maximum absolute atomic E-state index is 10.0. The van der Waals surface area contributed by atoms with Crippen molar-refractivity contribution >= 4 is 0 Å². The van der Waals surface area contributed by atoms with Gasteiger partial charge in [-0.05, 0) is 19.8 Å². The zero-order chi connectivity index (χ0) is 12.0. The SMILES string of the molecule is COCCC(C)(O)CN[C@@H]1CCCC[C@H]1O. The van der Waals surface area contributed by atoms with Gasteiger partial charge < -0.3 is 20.3 Å². The molecule has 0 aromatic carbocycles. The molecule has 1 aliphatic carbocycles. The lowest BCUT2D eigenvalue weighted by atomic mass is 9.91. The number of aliphatic hydroxyl groups excluding tert-OH is 1. The van der Waals surface area contributed by atoms with Crippen LogP contribution in [0.3, 0.4) is 0 Å². The van der Waals surface area contributed by atoms with Gasteiger partial charge in [0.25, 0.3) is 0 Å². The van der Waals surface area contributed by atoms with Gasteiger partial charge in [-0.25, -0.2) is 0 Å². The molecule has 0 amide bonds.